The van der Waals surface area contributed by atoms with Crippen LogP contribution in [-0.4, -0.2) is 24.4 Å². The van der Waals surface area contributed by atoms with Crippen LogP contribution in [-0.2, 0) is 4.74 Å². The number of aryl methyl sites for hydroxylation is 3. The van der Waals surface area contributed by atoms with Crippen molar-refractivity contribution in [3.63, 3.8) is 0 Å². The van der Waals surface area contributed by atoms with Crippen molar-refractivity contribution in [3.05, 3.63) is 34.4 Å². The van der Waals surface area contributed by atoms with Crippen molar-refractivity contribution in [2.45, 2.75) is 39.2 Å². The summed E-state index contributed by atoms with van der Waals surface area (Å²) in [6, 6.07) is 3.76. The molecule has 1 aromatic carbocycles. The number of alkyl halides is 1. The van der Waals surface area contributed by atoms with Crippen LogP contribution in [0.25, 0.3) is 0 Å². The maximum Gasteiger partial charge on any atom is 0.278 e. The molecule has 1 aromatic rings. The molecule has 0 aliphatic rings. The minimum atomic E-state index is -2.30. The molecule has 0 spiro atoms. The lowest BCUT2D eigenvalue weighted by molar-refractivity contribution is -0.0844. The maximum absolute atomic E-state index is 14.6. The van der Waals surface area contributed by atoms with Crippen molar-refractivity contribution in [2.24, 2.45) is 0 Å². The molecule has 1 rings (SSSR count). The number of hydrogen-bond acceptors (Lipinski definition) is 2. The molecule has 3 unspecified atom stereocenters. The van der Waals surface area contributed by atoms with Crippen LogP contribution in [0.5, 0.6) is 0 Å². The largest absolute Gasteiger partial charge is 0.343 e. The highest BCUT2D eigenvalue weighted by Gasteiger charge is 2.43. The summed E-state index contributed by atoms with van der Waals surface area (Å²) in [6.07, 6.45) is 0. The van der Waals surface area contributed by atoms with Gasteiger partial charge in [-0.25, -0.2) is 4.39 Å². The minimum Gasteiger partial charge on any atom is -0.343 e. The average molecular weight is 270 g/mol. The van der Waals surface area contributed by atoms with Gasteiger partial charge in [0.1, 0.15) is 0 Å². The highest BCUT2D eigenvalue weighted by molar-refractivity contribution is 7.17. The number of methoxy groups -OCH3 is 1. The molecule has 2 nitrogen and oxygen atoms in total. The van der Waals surface area contributed by atoms with Gasteiger partial charge in [0.25, 0.3) is 5.85 Å². The molecule has 18 heavy (non-hydrogen) atoms. The van der Waals surface area contributed by atoms with Crippen molar-refractivity contribution in [1.82, 2.24) is 0 Å². The van der Waals surface area contributed by atoms with Crippen molar-refractivity contribution >= 4 is 15.0 Å². The first-order valence-electron chi connectivity index (χ1n) is 5.86. The predicted octanol–water partition coefficient (Wildman–Crippen LogP) is 3.37. The van der Waals surface area contributed by atoms with Gasteiger partial charge in [0.2, 0.25) is 5.78 Å². The third-order valence-electron chi connectivity index (χ3n) is 3.10. The summed E-state index contributed by atoms with van der Waals surface area (Å²) in [4.78, 5) is 12.4. The first kappa shape index (κ1) is 15.3. The maximum atomic E-state index is 14.6. The van der Waals surface area contributed by atoms with Crippen LogP contribution in [0.4, 0.5) is 4.39 Å². The molecule has 0 N–H and O–H groups in total. The summed E-state index contributed by atoms with van der Waals surface area (Å²) in [5.74, 6) is -2.90. The lowest BCUT2D eigenvalue weighted by Crippen LogP contribution is -2.43. The summed E-state index contributed by atoms with van der Waals surface area (Å²) >= 11 is 0. The number of carbonyl (C=O) groups excluding carboxylic acids is 1. The Morgan fingerprint density at radius 3 is 2.11 bits per heavy atom. The Hall–Kier alpha value is -0.790. The average Bonchev–Trinajstić information content (AvgIpc) is 2.25. The fourth-order valence-electron chi connectivity index (χ4n) is 2.19. The van der Waals surface area contributed by atoms with E-state index < -0.39 is 17.3 Å². The lowest BCUT2D eigenvalue weighted by atomic mass is 9.92. The number of benzene rings is 1. The lowest BCUT2D eigenvalue weighted by Gasteiger charge is -2.27. The fraction of sp³-hybridized carbons (Fsp3) is 0.500. The zero-order valence-corrected chi connectivity index (χ0v) is 12.7. The van der Waals surface area contributed by atoms with Crippen LogP contribution >= 0.6 is 9.24 Å². The highest BCUT2D eigenvalue weighted by atomic mass is 31.0. The zero-order chi connectivity index (χ0) is 14.1. The van der Waals surface area contributed by atoms with Gasteiger partial charge in [-0.1, -0.05) is 24.6 Å². The van der Waals surface area contributed by atoms with E-state index in [4.69, 9.17) is 4.74 Å². The molecule has 0 saturated heterocycles. The number of ether oxygens (including phenoxy) is 1. The Bertz CT molecular complexity index is 448. The van der Waals surface area contributed by atoms with E-state index in [0.29, 0.717) is 5.56 Å². The normalized spacial score (nSPS) is 16.2. The van der Waals surface area contributed by atoms with Crippen LogP contribution < -0.4 is 0 Å². The Morgan fingerprint density at radius 2 is 1.78 bits per heavy atom. The van der Waals surface area contributed by atoms with Gasteiger partial charge in [0.15, 0.2) is 0 Å². The van der Waals surface area contributed by atoms with Gasteiger partial charge in [-0.05, 0) is 31.9 Å². The van der Waals surface area contributed by atoms with E-state index in [1.165, 1.54) is 7.11 Å². The van der Waals surface area contributed by atoms with E-state index in [9.17, 15) is 9.18 Å². The molecule has 0 amide bonds. The highest BCUT2D eigenvalue weighted by Crippen LogP contribution is 2.31. The number of rotatable bonds is 4. The van der Waals surface area contributed by atoms with E-state index in [1.54, 1.807) is 6.92 Å². The Labute approximate surface area is 110 Å². The molecule has 0 heterocycles. The summed E-state index contributed by atoms with van der Waals surface area (Å²) in [5.41, 5.74) is 2.42. The first-order valence-corrected chi connectivity index (χ1v) is 6.53. The Morgan fingerprint density at radius 1 is 1.33 bits per heavy atom. The molecular formula is C14H20FO2P. The SMILES string of the molecule is COC(F)(C(=O)c1c(C)cc(C)cc1C)C(C)P. The van der Waals surface area contributed by atoms with E-state index >= 15 is 0 Å². The van der Waals surface area contributed by atoms with Gasteiger partial charge < -0.3 is 4.74 Å². The van der Waals surface area contributed by atoms with Crippen LogP contribution in [0, 0.1) is 20.8 Å². The summed E-state index contributed by atoms with van der Waals surface area (Å²) in [7, 11) is 3.51. The second-order valence-electron chi connectivity index (χ2n) is 4.74. The molecule has 0 saturated carbocycles. The van der Waals surface area contributed by atoms with E-state index in [-0.39, 0.29) is 0 Å². The molecule has 0 radical (unpaired) electrons. The van der Waals surface area contributed by atoms with Gasteiger partial charge in [0, 0.05) is 18.3 Å². The molecular weight excluding hydrogens is 250 g/mol. The van der Waals surface area contributed by atoms with Gasteiger partial charge in [-0.15, -0.1) is 9.24 Å². The molecule has 100 valence electrons. The third kappa shape index (κ3) is 2.62. The molecule has 0 bridgehead atoms. The topological polar surface area (TPSA) is 26.3 Å². The number of ketones is 1. The summed E-state index contributed by atoms with van der Waals surface area (Å²) in [5, 5.41) is 0. The zero-order valence-electron chi connectivity index (χ0n) is 11.5. The predicted molar refractivity (Wildman–Crippen MR) is 75.0 cm³/mol. The smallest absolute Gasteiger partial charge is 0.278 e. The number of Topliss-reactive ketones (excluding diaryl/α,β-unsaturated/α-hetero) is 1. The van der Waals surface area contributed by atoms with Crippen LogP contribution in [0.3, 0.4) is 0 Å². The monoisotopic (exact) mass is 270 g/mol. The minimum absolute atomic E-state index is 0.416. The molecule has 4 heteroatoms. The van der Waals surface area contributed by atoms with Gasteiger partial charge in [-0.2, -0.15) is 0 Å². The van der Waals surface area contributed by atoms with E-state index in [1.807, 2.05) is 32.9 Å². The van der Waals surface area contributed by atoms with E-state index in [0.717, 1.165) is 16.7 Å². The van der Waals surface area contributed by atoms with Gasteiger partial charge in [-0.3, -0.25) is 4.79 Å². The number of hydrogen-bond donors (Lipinski definition) is 0. The Balaban J connectivity index is 3.35. The second kappa shape index (κ2) is 5.46. The van der Waals surface area contributed by atoms with Crippen molar-refractivity contribution in [3.8, 4) is 0 Å². The summed E-state index contributed by atoms with van der Waals surface area (Å²) in [6.45, 7) is 7.18. The fourth-order valence-corrected chi connectivity index (χ4v) is 2.48. The quantitative estimate of drug-likeness (QED) is 0.619. The van der Waals surface area contributed by atoms with Crippen molar-refractivity contribution in [1.29, 1.82) is 0 Å². The van der Waals surface area contributed by atoms with Crippen LogP contribution in [0.1, 0.15) is 34.0 Å². The molecule has 0 aliphatic heterocycles. The second-order valence-corrected chi connectivity index (χ2v) is 5.74. The van der Waals surface area contributed by atoms with Gasteiger partial charge >= 0.3 is 0 Å². The summed E-state index contributed by atoms with van der Waals surface area (Å²) < 4.78 is 19.4. The van der Waals surface area contributed by atoms with Crippen molar-refractivity contribution in [2.75, 3.05) is 7.11 Å². The van der Waals surface area contributed by atoms with Crippen LogP contribution in [0.2, 0.25) is 0 Å². The molecule has 0 aliphatic carbocycles. The molecule has 0 aromatic heterocycles. The number of halogens is 1. The van der Waals surface area contributed by atoms with Crippen molar-refractivity contribution < 1.29 is 13.9 Å². The number of carbonyl (C=O) groups is 1. The third-order valence-corrected chi connectivity index (χ3v) is 3.53. The molecule has 0 fully saturated rings. The van der Waals surface area contributed by atoms with E-state index in [2.05, 4.69) is 9.24 Å². The van der Waals surface area contributed by atoms with Crippen LogP contribution in [0.15, 0.2) is 12.1 Å². The van der Waals surface area contributed by atoms with Gasteiger partial charge in [0.05, 0.1) is 0 Å². The first-order chi connectivity index (χ1) is 8.24. The standard InChI is InChI=1S/C14H20FO2P/c1-8-6-9(2)12(10(3)7-8)13(16)14(15,17-5)11(4)18/h6-7,11H,18H2,1-5H3. The Kier molecular flexibility index (Phi) is 4.63. The molecule has 3 atom stereocenters.